The number of carbonyl (C=O) groups is 1. The van der Waals surface area contributed by atoms with Crippen molar-refractivity contribution >= 4 is 28.2 Å². The second-order valence-corrected chi connectivity index (χ2v) is 11.0. The summed E-state index contributed by atoms with van der Waals surface area (Å²) < 4.78 is 20.7. The van der Waals surface area contributed by atoms with Crippen molar-refractivity contribution in [2.75, 3.05) is 26.7 Å². The number of piperidine rings is 1. The summed E-state index contributed by atoms with van der Waals surface area (Å²) in [5.74, 6) is -0.532. The number of benzene rings is 1. The number of aromatic nitrogens is 1. The third-order valence-corrected chi connectivity index (χ3v) is 8.27. The summed E-state index contributed by atoms with van der Waals surface area (Å²) in [5.41, 5.74) is 1.33. The van der Waals surface area contributed by atoms with Gasteiger partial charge in [-0.1, -0.05) is 0 Å². The maximum atomic E-state index is 15.4. The minimum absolute atomic E-state index is 0.00117. The minimum Gasteiger partial charge on any atom is -0.497 e. The first kappa shape index (κ1) is 25.6. The average molecular weight is 499 g/mol. The Morgan fingerprint density at radius 1 is 1.29 bits per heavy atom. The molecule has 3 aromatic rings. The molecule has 1 N–H and O–H groups in total. The highest BCUT2D eigenvalue weighted by atomic mass is 32.1. The Hall–Kier alpha value is -2.51. The average Bonchev–Trinajstić information content (AvgIpc) is 3.29. The van der Waals surface area contributed by atoms with Gasteiger partial charge in [-0.2, -0.15) is 0 Å². The molecule has 188 valence electrons. The number of rotatable bonds is 11. The Morgan fingerprint density at radius 3 is 2.89 bits per heavy atom. The molecular formula is C28H35FN2O3S. The van der Waals surface area contributed by atoms with Gasteiger partial charge in [0.1, 0.15) is 11.9 Å². The molecule has 0 amide bonds. The lowest BCUT2D eigenvalue weighted by molar-refractivity contribution is -0.146. The Morgan fingerprint density at radius 2 is 2.14 bits per heavy atom. The second-order valence-electron chi connectivity index (χ2n) is 9.59. The van der Waals surface area contributed by atoms with Gasteiger partial charge in [0.2, 0.25) is 0 Å². The summed E-state index contributed by atoms with van der Waals surface area (Å²) in [5, 5.41) is 10.6. The van der Waals surface area contributed by atoms with Gasteiger partial charge in [-0.05, 0) is 106 Å². The summed E-state index contributed by atoms with van der Waals surface area (Å²) in [4.78, 5) is 21.4. The van der Waals surface area contributed by atoms with Crippen LogP contribution in [-0.2, 0) is 11.2 Å². The van der Waals surface area contributed by atoms with E-state index >= 15 is 4.39 Å². The van der Waals surface area contributed by atoms with E-state index in [1.54, 1.807) is 19.4 Å². The van der Waals surface area contributed by atoms with Gasteiger partial charge < -0.3 is 14.7 Å². The van der Waals surface area contributed by atoms with Crippen LogP contribution in [0.1, 0.15) is 53.6 Å². The molecule has 1 aromatic carbocycles. The summed E-state index contributed by atoms with van der Waals surface area (Å²) in [7, 11) is 1.59. The maximum absolute atomic E-state index is 15.4. The number of hydrogen-bond acceptors (Lipinski definition) is 5. The first-order chi connectivity index (χ1) is 16.9. The zero-order valence-corrected chi connectivity index (χ0v) is 21.4. The number of aliphatic carboxylic acids is 1. The number of unbranched alkanes of at least 4 members (excludes halogenated alkanes) is 1. The third-order valence-electron chi connectivity index (χ3n) is 7.21. The minimum atomic E-state index is -1.17. The lowest BCUT2D eigenvalue weighted by Crippen LogP contribution is -2.44. The number of halogens is 1. The molecule has 7 heteroatoms. The van der Waals surface area contributed by atoms with Gasteiger partial charge in [0.05, 0.1) is 18.5 Å². The van der Waals surface area contributed by atoms with Crippen LogP contribution in [0.5, 0.6) is 5.75 Å². The lowest BCUT2D eigenvalue weighted by Gasteiger charge is -2.37. The van der Waals surface area contributed by atoms with Crippen LogP contribution in [0.3, 0.4) is 0 Å². The number of likely N-dealkylation sites (tertiary alicyclic amines) is 1. The number of carboxylic acids is 1. The molecule has 0 spiro atoms. The highest BCUT2D eigenvalue weighted by Gasteiger charge is 2.34. The summed E-state index contributed by atoms with van der Waals surface area (Å²) in [6.45, 7) is 4.51. The largest absolute Gasteiger partial charge is 0.497 e. The highest BCUT2D eigenvalue weighted by molar-refractivity contribution is 7.11. The first-order valence-corrected chi connectivity index (χ1v) is 13.3. The highest BCUT2D eigenvalue weighted by Crippen LogP contribution is 2.35. The standard InChI is InChI=1S/C28H35FN2O3S/c1-19-6-9-22(35-19)5-3-4-15-31-16-13-20(25(18-31)28(32)33)7-10-26(29)23-12-14-30-27-11-8-21(34-2)17-24(23)27/h6,8-9,11-12,14,17,20,25-26H,3-5,7,10,13,15-16,18H2,1-2H3,(H,32,33)/t20-,25+,26-/m1/s1. The zero-order chi connectivity index (χ0) is 24.8. The zero-order valence-electron chi connectivity index (χ0n) is 20.6. The van der Waals surface area contributed by atoms with Crippen LogP contribution < -0.4 is 4.74 Å². The van der Waals surface area contributed by atoms with Crippen molar-refractivity contribution in [2.24, 2.45) is 11.8 Å². The predicted molar refractivity (Wildman–Crippen MR) is 139 cm³/mol. The van der Waals surface area contributed by atoms with Crippen molar-refractivity contribution in [1.82, 2.24) is 9.88 Å². The van der Waals surface area contributed by atoms with Crippen LogP contribution in [0, 0.1) is 18.8 Å². The van der Waals surface area contributed by atoms with E-state index in [0.717, 1.165) is 49.7 Å². The fourth-order valence-corrected chi connectivity index (χ4v) is 6.15. The number of methoxy groups -OCH3 is 1. The van der Waals surface area contributed by atoms with Gasteiger partial charge in [-0.25, -0.2) is 4.39 Å². The number of thiophene rings is 1. The SMILES string of the molecule is COc1ccc2nccc([C@H](F)CC[C@@H]3CCN(CCCCc4ccc(C)s4)C[C@@H]3C(=O)O)c2c1. The Kier molecular flexibility index (Phi) is 8.74. The summed E-state index contributed by atoms with van der Waals surface area (Å²) >= 11 is 1.86. The Labute approximate surface area is 210 Å². The molecule has 2 aromatic heterocycles. The number of aryl methyl sites for hydroxylation is 2. The number of nitrogens with zero attached hydrogens (tertiary/aromatic N) is 2. The van der Waals surface area contributed by atoms with E-state index in [1.807, 2.05) is 29.5 Å². The van der Waals surface area contributed by atoms with Crippen molar-refractivity contribution in [1.29, 1.82) is 0 Å². The quantitative estimate of drug-likeness (QED) is 0.308. The van der Waals surface area contributed by atoms with Crippen LogP contribution in [0.4, 0.5) is 4.39 Å². The van der Waals surface area contributed by atoms with Crippen molar-refractivity contribution in [3.8, 4) is 5.75 Å². The van der Waals surface area contributed by atoms with E-state index in [4.69, 9.17) is 4.74 Å². The summed E-state index contributed by atoms with van der Waals surface area (Å²) in [6, 6.07) is 11.6. The molecule has 0 unspecified atom stereocenters. The first-order valence-electron chi connectivity index (χ1n) is 12.5. The molecule has 35 heavy (non-hydrogen) atoms. The molecule has 0 bridgehead atoms. The molecule has 1 aliphatic rings. The van der Waals surface area contributed by atoms with E-state index in [-0.39, 0.29) is 5.92 Å². The van der Waals surface area contributed by atoms with Gasteiger partial charge in [0, 0.05) is 27.9 Å². The molecule has 1 aliphatic heterocycles. The Bertz CT molecular complexity index is 1130. The molecule has 0 radical (unpaired) electrons. The molecular weight excluding hydrogens is 463 g/mol. The van der Waals surface area contributed by atoms with Gasteiger partial charge in [0.25, 0.3) is 0 Å². The van der Waals surface area contributed by atoms with Crippen LogP contribution in [-0.4, -0.2) is 47.7 Å². The van der Waals surface area contributed by atoms with E-state index in [9.17, 15) is 9.90 Å². The summed E-state index contributed by atoms with van der Waals surface area (Å²) in [6.07, 6.45) is 5.42. The van der Waals surface area contributed by atoms with Crippen molar-refractivity contribution in [3.63, 3.8) is 0 Å². The molecule has 1 saturated heterocycles. The van der Waals surface area contributed by atoms with E-state index in [0.29, 0.717) is 30.7 Å². The number of ether oxygens (including phenoxy) is 1. The maximum Gasteiger partial charge on any atom is 0.308 e. The molecule has 5 nitrogen and oxygen atoms in total. The number of hydrogen-bond donors (Lipinski definition) is 1. The van der Waals surface area contributed by atoms with E-state index in [1.165, 1.54) is 9.75 Å². The van der Waals surface area contributed by atoms with Crippen LogP contribution in [0.15, 0.2) is 42.6 Å². The molecule has 4 rings (SSSR count). The van der Waals surface area contributed by atoms with Gasteiger partial charge in [-0.15, -0.1) is 11.3 Å². The molecule has 0 saturated carbocycles. The van der Waals surface area contributed by atoms with Gasteiger partial charge >= 0.3 is 5.97 Å². The molecule has 1 fully saturated rings. The molecule has 3 atom stereocenters. The monoisotopic (exact) mass is 498 g/mol. The second kappa shape index (κ2) is 12.0. The Balaban J connectivity index is 1.30. The molecule has 3 heterocycles. The van der Waals surface area contributed by atoms with Crippen molar-refractivity contribution in [3.05, 3.63) is 57.9 Å². The van der Waals surface area contributed by atoms with Gasteiger partial charge in [-0.3, -0.25) is 9.78 Å². The van der Waals surface area contributed by atoms with Crippen LogP contribution >= 0.6 is 11.3 Å². The lowest BCUT2D eigenvalue weighted by atomic mass is 9.81. The number of pyridine rings is 1. The molecule has 0 aliphatic carbocycles. The van der Waals surface area contributed by atoms with Crippen LogP contribution in [0.25, 0.3) is 10.9 Å². The van der Waals surface area contributed by atoms with Crippen molar-refractivity contribution < 1.29 is 19.0 Å². The predicted octanol–water partition coefficient (Wildman–Crippen LogP) is 6.45. The van der Waals surface area contributed by atoms with Crippen LogP contribution in [0.2, 0.25) is 0 Å². The number of alkyl halides is 1. The van der Waals surface area contributed by atoms with Gasteiger partial charge in [0.15, 0.2) is 0 Å². The number of fused-ring (bicyclic) bond motifs is 1. The normalized spacial score (nSPS) is 19.6. The van der Waals surface area contributed by atoms with Crippen molar-refractivity contribution in [2.45, 2.75) is 51.6 Å². The fourth-order valence-electron chi connectivity index (χ4n) is 5.21. The number of carboxylic acid groups (broad SMARTS) is 1. The third kappa shape index (κ3) is 6.58. The van der Waals surface area contributed by atoms with E-state index < -0.39 is 18.1 Å². The topological polar surface area (TPSA) is 62.7 Å². The smallest absolute Gasteiger partial charge is 0.308 e. The fraction of sp³-hybridized carbons (Fsp3) is 0.500. The van der Waals surface area contributed by atoms with E-state index in [2.05, 4.69) is 28.9 Å².